The fraction of sp³-hybridized carbons (Fsp3) is 0.704. The average molecular weight is 444 g/mol. The summed E-state index contributed by atoms with van der Waals surface area (Å²) in [6, 6.07) is 10.8. The van der Waals surface area contributed by atoms with Crippen molar-refractivity contribution in [2.24, 2.45) is 0 Å². The van der Waals surface area contributed by atoms with Gasteiger partial charge in [0.15, 0.2) is 0 Å². The number of benzene rings is 1. The fourth-order valence-electron chi connectivity index (χ4n) is 4.87. The molecule has 1 aliphatic rings. The molecule has 2 amide bonds. The van der Waals surface area contributed by atoms with Gasteiger partial charge >= 0.3 is 0 Å². The van der Waals surface area contributed by atoms with Gasteiger partial charge in [-0.2, -0.15) is 0 Å². The van der Waals surface area contributed by atoms with Crippen LogP contribution in [0, 0.1) is 0 Å². The molecule has 2 rings (SSSR count). The van der Waals surface area contributed by atoms with Gasteiger partial charge in [-0.25, -0.2) is 0 Å². The number of imide groups is 1. The van der Waals surface area contributed by atoms with Gasteiger partial charge in [0, 0.05) is 14.5 Å². The second kappa shape index (κ2) is 13.9. The molecule has 1 N–H and O–H groups in total. The van der Waals surface area contributed by atoms with Crippen LogP contribution in [0.3, 0.4) is 0 Å². The summed E-state index contributed by atoms with van der Waals surface area (Å²) in [5.41, 5.74) is 2.35. The number of hydrogen-bond acceptors (Lipinski definition) is 2. The summed E-state index contributed by atoms with van der Waals surface area (Å²) in [4.78, 5) is 24.8. The number of rotatable bonds is 15. The maximum absolute atomic E-state index is 12.5. The highest BCUT2D eigenvalue weighted by atomic mass is 28.3. The monoisotopic (exact) mass is 443 g/mol. The molecule has 1 atom stereocenters. The molecule has 174 valence electrons. The summed E-state index contributed by atoms with van der Waals surface area (Å²) in [7, 11) is -1.15. The summed E-state index contributed by atoms with van der Waals surface area (Å²) in [5, 5.41) is 2.66. The van der Waals surface area contributed by atoms with Gasteiger partial charge in [-0.1, -0.05) is 114 Å². The van der Waals surface area contributed by atoms with Gasteiger partial charge in [-0.05, 0) is 30.4 Å². The zero-order valence-electron chi connectivity index (χ0n) is 20.3. The van der Waals surface area contributed by atoms with E-state index >= 15 is 0 Å². The second-order valence-electron chi connectivity index (χ2n) is 10.3. The smallest absolute Gasteiger partial charge is 0.234 e. The molecule has 0 saturated heterocycles. The number of hydrogen-bond donors (Lipinski definition) is 1. The summed E-state index contributed by atoms with van der Waals surface area (Å²) in [5.74, 6) is -0.366. The molecular weight excluding hydrogens is 398 g/mol. The van der Waals surface area contributed by atoms with Crippen molar-refractivity contribution in [2.45, 2.75) is 121 Å². The third-order valence-corrected chi connectivity index (χ3v) is 10.3. The molecule has 4 heteroatoms. The maximum atomic E-state index is 12.5. The number of carbonyl (C=O) groups excluding carboxylic acids is 2. The molecule has 0 aliphatic heterocycles. The van der Waals surface area contributed by atoms with Crippen LogP contribution in [0.1, 0.15) is 101 Å². The lowest BCUT2D eigenvalue weighted by atomic mass is 10.0. The molecule has 1 aliphatic carbocycles. The predicted octanol–water partition coefficient (Wildman–Crippen LogP) is 7.38. The molecule has 1 unspecified atom stereocenters. The summed E-state index contributed by atoms with van der Waals surface area (Å²) in [6.45, 7) is 7.26. The van der Waals surface area contributed by atoms with Crippen LogP contribution in [0.2, 0.25) is 25.2 Å². The molecule has 0 heterocycles. The summed E-state index contributed by atoms with van der Waals surface area (Å²) >= 11 is 0. The molecule has 1 aromatic rings. The van der Waals surface area contributed by atoms with E-state index in [0.717, 1.165) is 31.2 Å². The Morgan fingerprint density at radius 2 is 1.52 bits per heavy atom. The zero-order valence-corrected chi connectivity index (χ0v) is 21.3. The molecule has 0 bridgehead atoms. The van der Waals surface area contributed by atoms with Gasteiger partial charge in [-0.15, -0.1) is 0 Å². The highest BCUT2D eigenvalue weighted by Gasteiger charge is 2.29. The number of fused-ring (bicyclic) bond motifs is 1. The van der Waals surface area contributed by atoms with Crippen molar-refractivity contribution in [3.8, 4) is 0 Å². The van der Waals surface area contributed by atoms with Crippen molar-refractivity contribution >= 4 is 19.9 Å². The largest absolute Gasteiger partial charge is 0.296 e. The first-order valence-corrected chi connectivity index (χ1v) is 16.3. The highest BCUT2D eigenvalue weighted by molar-refractivity contribution is 6.77. The Hall–Kier alpha value is -1.42. The highest BCUT2D eigenvalue weighted by Crippen LogP contribution is 2.32. The third kappa shape index (κ3) is 9.72. The van der Waals surface area contributed by atoms with Crippen molar-refractivity contribution in [3.63, 3.8) is 0 Å². The lowest BCUT2D eigenvalue weighted by Crippen LogP contribution is -2.34. The molecule has 0 radical (unpaired) electrons. The van der Waals surface area contributed by atoms with Crippen LogP contribution in [0.5, 0.6) is 0 Å². The van der Waals surface area contributed by atoms with Crippen LogP contribution >= 0.6 is 0 Å². The van der Waals surface area contributed by atoms with Crippen LogP contribution in [0.4, 0.5) is 0 Å². The minimum absolute atomic E-state index is 0.100. The number of amides is 2. The van der Waals surface area contributed by atoms with E-state index in [9.17, 15) is 9.59 Å². The normalized spacial score (nSPS) is 15.6. The summed E-state index contributed by atoms with van der Waals surface area (Å²) in [6.07, 6.45) is 15.3. The SMILES string of the molecule is CCCCCCCCCC[Si](C)(C)CCCCC(=O)NC(=O)C1CCc2ccccc21. The number of nitrogens with one attached hydrogen (secondary N) is 1. The Labute approximate surface area is 191 Å². The molecule has 3 nitrogen and oxygen atoms in total. The van der Waals surface area contributed by atoms with Crippen molar-refractivity contribution in [1.29, 1.82) is 0 Å². The van der Waals surface area contributed by atoms with E-state index in [1.807, 2.05) is 18.2 Å². The van der Waals surface area contributed by atoms with Crippen LogP contribution in [0.25, 0.3) is 0 Å². The van der Waals surface area contributed by atoms with Gasteiger partial charge in [0.05, 0.1) is 5.92 Å². The van der Waals surface area contributed by atoms with E-state index in [1.165, 1.54) is 69.0 Å². The molecule has 0 saturated carbocycles. The Morgan fingerprint density at radius 1 is 0.903 bits per heavy atom. The van der Waals surface area contributed by atoms with E-state index in [-0.39, 0.29) is 17.7 Å². The maximum Gasteiger partial charge on any atom is 0.234 e. The Balaban J connectivity index is 1.54. The Kier molecular flexibility index (Phi) is 11.6. The topological polar surface area (TPSA) is 46.2 Å². The molecule has 31 heavy (non-hydrogen) atoms. The average Bonchev–Trinajstić information content (AvgIpc) is 3.17. The first-order valence-electron chi connectivity index (χ1n) is 12.8. The quantitative estimate of drug-likeness (QED) is 0.227. The number of aryl methyl sites for hydroxylation is 1. The van der Waals surface area contributed by atoms with Crippen molar-refractivity contribution in [1.82, 2.24) is 5.32 Å². The number of unbranched alkanes of at least 4 members (excludes halogenated alkanes) is 8. The third-order valence-electron chi connectivity index (χ3n) is 6.93. The van der Waals surface area contributed by atoms with Gasteiger partial charge in [-0.3, -0.25) is 14.9 Å². The minimum Gasteiger partial charge on any atom is -0.296 e. The first kappa shape index (κ1) is 25.8. The molecular formula is C27H45NO2Si. The minimum atomic E-state index is -1.15. The lowest BCUT2D eigenvalue weighted by molar-refractivity contribution is -0.131. The molecule has 0 aromatic heterocycles. The van der Waals surface area contributed by atoms with Crippen molar-refractivity contribution in [2.75, 3.05) is 0 Å². The van der Waals surface area contributed by atoms with Crippen LogP contribution in [-0.2, 0) is 16.0 Å². The van der Waals surface area contributed by atoms with Gasteiger partial charge < -0.3 is 0 Å². The zero-order chi connectivity index (χ0) is 22.5. The van der Waals surface area contributed by atoms with E-state index in [4.69, 9.17) is 0 Å². The second-order valence-corrected chi connectivity index (χ2v) is 15.6. The Bertz CT molecular complexity index is 686. The van der Waals surface area contributed by atoms with E-state index in [0.29, 0.717) is 6.42 Å². The molecule has 1 aromatic carbocycles. The molecule has 0 fully saturated rings. The summed E-state index contributed by atoms with van der Waals surface area (Å²) < 4.78 is 0. The van der Waals surface area contributed by atoms with Crippen LogP contribution in [-0.4, -0.2) is 19.9 Å². The van der Waals surface area contributed by atoms with Gasteiger partial charge in [0.25, 0.3) is 0 Å². The fourth-order valence-corrected chi connectivity index (χ4v) is 7.53. The van der Waals surface area contributed by atoms with Gasteiger partial charge in [0.2, 0.25) is 11.8 Å². The first-order chi connectivity index (χ1) is 14.9. The van der Waals surface area contributed by atoms with E-state index < -0.39 is 8.07 Å². The van der Waals surface area contributed by atoms with Gasteiger partial charge in [0.1, 0.15) is 0 Å². The van der Waals surface area contributed by atoms with E-state index in [2.05, 4.69) is 31.4 Å². The van der Waals surface area contributed by atoms with Crippen LogP contribution < -0.4 is 5.32 Å². The molecule has 0 spiro atoms. The standard InChI is InChI=1S/C27H45NO2Si/c1-4-5-6-7-8-9-10-14-21-31(2,3)22-15-13-18-26(29)28-27(30)25-20-19-23-16-11-12-17-24(23)25/h11-12,16-17,25H,4-10,13-15,18-22H2,1-3H3,(H,28,29,30). The Morgan fingerprint density at radius 3 is 2.23 bits per heavy atom. The predicted molar refractivity (Wildman–Crippen MR) is 134 cm³/mol. The number of carbonyl (C=O) groups is 2. The van der Waals surface area contributed by atoms with Crippen molar-refractivity contribution < 1.29 is 9.59 Å². The lowest BCUT2D eigenvalue weighted by Gasteiger charge is -2.22. The van der Waals surface area contributed by atoms with Crippen molar-refractivity contribution in [3.05, 3.63) is 35.4 Å². The van der Waals surface area contributed by atoms with Crippen LogP contribution in [0.15, 0.2) is 24.3 Å². The van der Waals surface area contributed by atoms with E-state index in [1.54, 1.807) is 0 Å².